The van der Waals surface area contributed by atoms with Crippen LogP contribution in [0.3, 0.4) is 0 Å². The van der Waals surface area contributed by atoms with Crippen molar-refractivity contribution in [2.75, 3.05) is 0 Å². The van der Waals surface area contributed by atoms with Crippen molar-refractivity contribution in [2.24, 2.45) is 5.92 Å². The number of hydrogen-bond donors (Lipinski definition) is 1. The van der Waals surface area contributed by atoms with Gasteiger partial charge in [0, 0.05) is 0 Å². The van der Waals surface area contributed by atoms with Gasteiger partial charge in [-0.3, -0.25) is 4.79 Å². The summed E-state index contributed by atoms with van der Waals surface area (Å²) in [5, 5.41) is 2.75. The number of aryl methyl sites for hydroxylation is 1. The van der Waals surface area contributed by atoms with Crippen LogP contribution in [0.5, 0.6) is 0 Å². The molecule has 0 bridgehead atoms. The lowest BCUT2D eigenvalue weighted by Crippen LogP contribution is -2.32. The minimum absolute atomic E-state index is 0.0774. The van der Waals surface area contributed by atoms with Crippen LogP contribution >= 0.6 is 11.6 Å². The largest absolute Gasteiger partial charge is 0.345 e. The van der Waals surface area contributed by atoms with E-state index in [-0.39, 0.29) is 22.5 Å². The molecule has 0 radical (unpaired) electrons. The molecule has 0 aromatic heterocycles. The van der Waals surface area contributed by atoms with E-state index in [9.17, 15) is 13.6 Å². The smallest absolute Gasteiger partial charge is 0.253 e. The van der Waals surface area contributed by atoms with Crippen molar-refractivity contribution in [3.8, 4) is 0 Å². The summed E-state index contributed by atoms with van der Waals surface area (Å²) in [5.74, 6) is -2.59. The highest BCUT2D eigenvalue weighted by molar-refractivity contribution is 6.33. The second-order valence-corrected chi connectivity index (χ2v) is 6.44. The predicted molar refractivity (Wildman–Crippen MR) is 92.2 cm³/mol. The summed E-state index contributed by atoms with van der Waals surface area (Å²) in [5.41, 5.74) is 2.08. The Kier molecular flexibility index (Phi) is 5.94. The minimum Gasteiger partial charge on any atom is -0.345 e. The summed E-state index contributed by atoms with van der Waals surface area (Å²) in [7, 11) is 0. The van der Waals surface area contributed by atoms with E-state index in [1.165, 1.54) is 5.56 Å². The molecule has 2 aromatic carbocycles. The molecule has 2 rings (SSSR count). The predicted octanol–water partition coefficient (Wildman–Crippen LogP) is 5.31. The topological polar surface area (TPSA) is 29.1 Å². The molecule has 2 aromatic rings. The Morgan fingerprint density at radius 1 is 1.12 bits per heavy atom. The van der Waals surface area contributed by atoms with Crippen LogP contribution in [-0.4, -0.2) is 5.91 Å². The lowest BCUT2D eigenvalue weighted by Gasteiger charge is -2.23. The zero-order valence-electron chi connectivity index (χ0n) is 13.9. The molecule has 1 amide bonds. The van der Waals surface area contributed by atoms with Gasteiger partial charge in [-0.25, -0.2) is 8.78 Å². The average Bonchev–Trinajstić information content (AvgIpc) is 2.55. The highest BCUT2D eigenvalue weighted by atomic mass is 35.5. The van der Waals surface area contributed by atoms with Gasteiger partial charge in [-0.05, 0) is 35.6 Å². The maximum absolute atomic E-state index is 13.4. The van der Waals surface area contributed by atoms with Crippen LogP contribution in [0, 0.1) is 17.6 Å². The first-order chi connectivity index (χ1) is 11.3. The van der Waals surface area contributed by atoms with Crippen molar-refractivity contribution in [2.45, 2.75) is 33.2 Å². The van der Waals surface area contributed by atoms with E-state index < -0.39 is 17.5 Å². The normalized spacial score (nSPS) is 12.3. The first-order valence-corrected chi connectivity index (χ1v) is 8.25. The second-order valence-electron chi connectivity index (χ2n) is 6.04. The number of hydrogen-bond acceptors (Lipinski definition) is 1. The van der Waals surface area contributed by atoms with Crippen LogP contribution in [0.25, 0.3) is 0 Å². The van der Waals surface area contributed by atoms with Gasteiger partial charge in [-0.2, -0.15) is 0 Å². The number of amides is 1. The fourth-order valence-electron chi connectivity index (χ4n) is 2.51. The molecule has 0 saturated heterocycles. The molecule has 2 nitrogen and oxygen atoms in total. The van der Waals surface area contributed by atoms with Gasteiger partial charge in [-0.15, -0.1) is 0 Å². The lowest BCUT2D eigenvalue weighted by molar-refractivity contribution is 0.0925. The fourth-order valence-corrected chi connectivity index (χ4v) is 2.75. The molecule has 128 valence electrons. The number of benzene rings is 2. The Morgan fingerprint density at radius 2 is 1.71 bits per heavy atom. The number of nitrogens with one attached hydrogen (secondary N) is 1. The molecule has 0 heterocycles. The van der Waals surface area contributed by atoms with E-state index in [2.05, 4.69) is 12.2 Å². The van der Waals surface area contributed by atoms with Crippen LogP contribution < -0.4 is 5.32 Å². The van der Waals surface area contributed by atoms with Crippen molar-refractivity contribution < 1.29 is 13.6 Å². The summed E-state index contributed by atoms with van der Waals surface area (Å²) in [6.45, 7) is 6.03. The second kappa shape index (κ2) is 7.75. The monoisotopic (exact) mass is 351 g/mol. The van der Waals surface area contributed by atoms with Crippen molar-refractivity contribution in [3.05, 3.63) is 69.7 Å². The SMILES string of the molecule is CCc1ccc(C(NC(=O)c2cc(F)c(F)cc2Cl)C(C)C)cc1. The van der Waals surface area contributed by atoms with Gasteiger partial charge in [-0.1, -0.05) is 56.6 Å². The Labute approximate surface area is 145 Å². The minimum atomic E-state index is -1.10. The molecule has 24 heavy (non-hydrogen) atoms. The standard InChI is InChI=1S/C19H20ClF2NO/c1-4-12-5-7-13(8-6-12)18(11(2)3)23-19(24)14-9-16(21)17(22)10-15(14)20/h5-11,18H,4H2,1-3H3,(H,23,24). The van der Waals surface area contributed by atoms with Gasteiger partial charge >= 0.3 is 0 Å². The van der Waals surface area contributed by atoms with E-state index in [1.807, 2.05) is 38.1 Å². The average molecular weight is 352 g/mol. The molecular formula is C19H20ClF2NO. The maximum atomic E-state index is 13.4. The van der Waals surface area contributed by atoms with Gasteiger partial charge in [0.15, 0.2) is 11.6 Å². The third-order valence-corrected chi connectivity index (χ3v) is 4.27. The molecule has 0 fully saturated rings. The fraction of sp³-hybridized carbons (Fsp3) is 0.316. The molecule has 0 saturated carbocycles. The van der Waals surface area contributed by atoms with E-state index in [0.29, 0.717) is 0 Å². The van der Waals surface area contributed by atoms with Gasteiger partial charge in [0.1, 0.15) is 0 Å². The molecule has 1 atom stereocenters. The van der Waals surface area contributed by atoms with Gasteiger partial charge in [0.2, 0.25) is 0 Å². The van der Waals surface area contributed by atoms with Crippen molar-refractivity contribution in [1.82, 2.24) is 5.32 Å². The molecular weight excluding hydrogens is 332 g/mol. The molecule has 1 N–H and O–H groups in total. The summed E-state index contributed by atoms with van der Waals surface area (Å²) >= 11 is 5.88. The Balaban J connectivity index is 2.27. The van der Waals surface area contributed by atoms with E-state index in [0.717, 1.165) is 24.1 Å². The first-order valence-electron chi connectivity index (χ1n) is 7.87. The van der Waals surface area contributed by atoms with Crippen LogP contribution in [0.15, 0.2) is 36.4 Å². The molecule has 0 aliphatic carbocycles. The quantitative estimate of drug-likeness (QED) is 0.727. The third-order valence-electron chi connectivity index (χ3n) is 3.95. The van der Waals surface area contributed by atoms with Gasteiger partial charge in [0.25, 0.3) is 5.91 Å². The molecule has 0 aliphatic rings. The van der Waals surface area contributed by atoms with E-state index in [1.54, 1.807) is 0 Å². The van der Waals surface area contributed by atoms with Crippen molar-refractivity contribution in [3.63, 3.8) is 0 Å². The first kappa shape index (κ1) is 18.4. The molecule has 1 unspecified atom stereocenters. The summed E-state index contributed by atoms with van der Waals surface area (Å²) in [4.78, 5) is 12.5. The Bertz CT molecular complexity index is 729. The Hall–Kier alpha value is -1.94. The van der Waals surface area contributed by atoms with E-state index in [4.69, 9.17) is 11.6 Å². The van der Waals surface area contributed by atoms with Gasteiger partial charge < -0.3 is 5.32 Å². The number of carbonyl (C=O) groups excluding carboxylic acids is 1. The van der Waals surface area contributed by atoms with Crippen LogP contribution in [-0.2, 0) is 6.42 Å². The van der Waals surface area contributed by atoms with E-state index >= 15 is 0 Å². The molecule has 0 aliphatic heterocycles. The summed E-state index contributed by atoms with van der Waals surface area (Å²) in [6.07, 6.45) is 0.934. The number of rotatable bonds is 5. The lowest BCUT2D eigenvalue weighted by atomic mass is 9.94. The number of carbonyl (C=O) groups is 1. The summed E-state index contributed by atoms with van der Waals surface area (Å²) < 4.78 is 26.6. The highest BCUT2D eigenvalue weighted by Crippen LogP contribution is 2.25. The number of halogens is 3. The molecule has 0 spiro atoms. The van der Waals surface area contributed by atoms with Crippen LogP contribution in [0.2, 0.25) is 5.02 Å². The zero-order valence-corrected chi connectivity index (χ0v) is 14.6. The maximum Gasteiger partial charge on any atom is 0.253 e. The van der Waals surface area contributed by atoms with Gasteiger partial charge in [0.05, 0.1) is 16.6 Å². The van der Waals surface area contributed by atoms with Crippen molar-refractivity contribution in [1.29, 1.82) is 0 Å². The summed E-state index contributed by atoms with van der Waals surface area (Å²) in [6, 6.07) is 9.35. The Morgan fingerprint density at radius 3 is 2.25 bits per heavy atom. The van der Waals surface area contributed by atoms with Crippen LogP contribution in [0.4, 0.5) is 8.78 Å². The zero-order chi connectivity index (χ0) is 17.9. The third kappa shape index (κ3) is 4.12. The van der Waals surface area contributed by atoms with Crippen molar-refractivity contribution >= 4 is 17.5 Å². The van der Waals surface area contributed by atoms with Crippen LogP contribution in [0.1, 0.15) is 48.3 Å². The highest BCUT2D eigenvalue weighted by Gasteiger charge is 2.22. The molecule has 5 heteroatoms.